The van der Waals surface area contributed by atoms with Gasteiger partial charge in [-0.25, -0.2) is 4.79 Å². The standard InChI is InChI=1S/C23H27NO3S/c1-13(2)27-23(26)20-16-10-9-14(3)11-19(16)28-22(20)24-21(25)18-12-17(18)15-7-5-4-6-8-15/h4-8,13-14,17-18H,9-12H2,1-3H3,(H,24,25). The maximum Gasteiger partial charge on any atom is 0.341 e. The van der Waals surface area contributed by atoms with Crippen molar-refractivity contribution in [3.05, 3.63) is 51.9 Å². The molecule has 148 valence electrons. The Morgan fingerprint density at radius 3 is 2.68 bits per heavy atom. The molecular weight excluding hydrogens is 370 g/mol. The van der Waals surface area contributed by atoms with E-state index >= 15 is 0 Å². The Balaban J connectivity index is 1.55. The summed E-state index contributed by atoms with van der Waals surface area (Å²) in [5, 5.41) is 3.75. The lowest BCUT2D eigenvalue weighted by Gasteiger charge is -2.18. The topological polar surface area (TPSA) is 55.4 Å². The molecule has 0 spiro atoms. The summed E-state index contributed by atoms with van der Waals surface area (Å²) in [4.78, 5) is 26.9. The first-order valence-corrected chi connectivity index (χ1v) is 11.0. The van der Waals surface area contributed by atoms with Gasteiger partial charge in [0.15, 0.2) is 0 Å². The number of carbonyl (C=O) groups excluding carboxylic acids is 2. The van der Waals surface area contributed by atoms with Crippen molar-refractivity contribution in [3.8, 4) is 0 Å². The van der Waals surface area contributed by atoms with Crippen LogP contribution in [0.2, 0.25) is 0 Å². The molecule has 28 heavy (non-hydrogen) atoms. The number of fused-ring (bicyclic) bond motifs is 1. The van der Waals surface area contributed by atoms with Gasteiger partial charge in [0.05, 0.1) is 11.7 Å². The number of thiophene rings is 1. The summed E-state index contributed by atoms with van der Waals surface area (Å²) in [5.74, 6) is 0.567. The van der Waals surface area contributed by atoms with Crippen LogP contribution < -0.4 is 5.32 Å². The van der Waals surface area contributed by atoms with Gasteiger partial charge < -0.3 is 10.1 Å². The molecule has 4 nitrogen and oxygen atoms in total. The number of amides is 1. The molecular formula is C23H27NO3S. The van der Waals surface area contributed by atoms with Gasteiger partial charge in [-0.05, 0) is 62.5 Å². The summed E-state index contributed by atoms with van der Waals surface area (Å²) >= 11 is 1.56. The molecule has 2 aromatic rings. The molecule has 3 atom stereocenters. The second-order valence-corrected chi connectivity index (χ2v) is 9.46. The van der Waals surface area contributed by atoms with Crippen LogP contribution in [0.5, 0.6) is 0 Å². The van der Waals surface area contributed by atoms with Crippen molar-refractivity contribution in [2.75, 3.05) is 5.32 Å². The van der Waals surface area contributed by atoms with Gasteiger partial charge in [-0.2, -0.15) is 0 Å². The van der Waals surface area contributed by atoms with Crippen LogP contribution in [0, 0.1) is 11.8 Å². The zero-order valence-electron chi connectivity index (χ0n) is 16.7. The lowest BCUT2D eigenvalue weighted by Crippen LogP contribution is -2.19. The van der Waals surface area contributed by atoms with E-state index < -0.39 is 0 Å². The molecule has 1 fully saturated rings. The first kappa shape index (κ1) is 19.2. The highest BCUT2D eigenvalue weighted by molar-refractivity contribution is 7.17. The van der Waals surface area contributed by atoms with Crippen molar-refractivity contribution in [2.24, 2.45) is 11.8 Å². The zero-order valence-corrected chi connectivity index (χ0v) is 17.5. The molecule has 2 aliphatic carbocycles. The Kier molecular flexibility index (Phi) is 5.28. The Hall–Kier alpha value is -2.14. The number of esters is 1. The van der Waals surface area contributed by atoms with Crippen molar-refractivity contribution in [1.82, 2.24) is 0 Å². The molecule has 0 aliphatic heterocycles. The molecule has 1 heterocycles. The van der Waals surface area contributed by atoms with E-state index in [0.29, 0.717) is 16.5 Å². The number of ether oxygens (including phenoxy) is 1. The van der Waals surface area contributed by atoms with Gasteiger partial charge in [-0.1, -0.05) is 37.3 Å². The van der Waals surface area contributed by atoms with Crippen LogP contribution in [-0.4, -0.2) is 18.0 Å². The molecule has 1 aromatic carbocycles. The summed E-state index contributed by atoms with van der Waals surface area (Å²) in [6.07, 6.45) is 3.59. The van der Waals surface area contributed by atoms with Crippen LogP contribution >= 0.6 is 11.3 Å². The SMILES string of the molecule is CC1CCc2c(sc(NC(=O)C3CC3c3ccccc3)c2C(=O)OC(C)C)C1. The highest BCUT2D eigenvalue weighted by Crippen LogP contribution is 2.49. The fourth-order valence-electron chi connectivity index (χ4n) is 4.09. The summed E-state index contributed by atoms with van der Waals surface area (Å²) in [6, 6.07) is 10.2. The minimum atomic E-state index is -0.312. The molecule has 1 aromatic heterocycles. The molecule has 1 saturated carbocycles. The van der Waals surface area contributed by atoms with E-state index in [0.717, 1.165) is 31.2 Å². The summed E-state index contributed by atoms with van der Waals surface area (Å²) in [5.41, 5.74) is 2.88. The van der Waals surface area contributed by atoms with Gasteiger partial charge >= 0.3 is 5.97 Å². The molecule has 0 radical (unpaired) electrons. The van der Waals surface area contributed by atoms with Crippen LogP contribution in [0.3, 0.4) is 0 Å². The summed E-state index contributed by atoms with van der Waals surface area (Å²) in [6.45, 7) is 5.94. The fraction of sp³-hybridized carbons (Fsp3) is 0.478. The van der Waals surface area contributed by atoms with E-state index in [9.17, 15) is 9.59 Å². The van der Waals surface area contributed by atoms with E-state index in [2.05, 4.69) is 24.4 Å². The number of hydrogen-bond acceptors (Lipinski definition) is 4. The quantitative estimate of drug-likeness (QED) is 0.707. The van der Waals surface area contributed by atoms with Crippen molar-refractivity contribution in [3.63, 3.8) is 0 Å². The minimum absolute atomic E-state index is 0.0131. The maximum atomic E-state index is 12.9. The number of hydrogen-bond donors (Lipinski definition) is 1. The van der Waals surface area contributed by atoms with Crippen molar-refractivity contribution < 1.29 is 14.3 Å². The second kappa shape index (κ2) is 7.70. The Bertz CT molecular complexity index is 887. The van der Waals surface area contributed by atoms with Crippen LogP contribution in [-0.2, 0) is 22.4 Å². The van der Waals surface area contributed by atoms with Gasteiger partial charge in [-0.15, -0.1) is 11.3 Å². The predicted molar refractivity (Wildman–Crippen MR) is 112 cm³/mol. The first-order valence-electron chi connectivity index (χ1n) is 10.1. The van der Waals surface area contributed by atoms with Crippen LogP contribution in [0.1, 0.15) is 65.9 Å². The lowest BCUT2D eigenvalue weighted by molar-refractivity contribution is -0.117. The average molecular weight is 398 g/mol. The van der Waals surface area contributed by atoms with Gasteiger partial charge in [0.25, 0.3) is 0 Å². The third kappa shape index (κ3) is 3.86. The smallest absolute Gasteiger partial charge is 0.341 e. The van der Waals surface area contributed by atoms with Gasteiger partial charge in [0.2, 0.25) is 5.91 Å². The number of nitrogens with one attached hydrogen (secondary N) is 1. The Morgan fingerprint density at radius 2 is 1.96 bits per heavy atom. The van der Waals surface area contributed by atoms with Crippen LogP contribution in [0.15, 0.2) is 30.3 Å². The molecule has 2 aliphatic rings. The van der Waals surface area contributed by atoms with Crippen LogP contribution in [0.4, 0.5) is 5.00 Å². The molecule has 1 N–H and O–H groups in total. The normalized spacial score (nSPS) is 23.2. The molecule has 1 amide bonds. The van der Waals surface area contributed by atoms with Crippen molar-refractivity contribution in [1.29, 1.82) is 0 Å². The van der Waals surface area contributed by atoms with Gasteiger partial charge in [0.1, 0.15) is 5.00 Å². The minimum Gasteiger partial charge on any atom is -0.459 e. The molecule has 3 unspecified atom stereocenters. The largest absolute Gasteiger partial charge is 0.459 e. The summed E-state index contributed by atoms with van der Waals surface area (Å²) in [7, 11) is 0. The average Bonchev–Trinajstić information content (AvgIpc) is 3.38. The third-order valence-electron chi connectivity index (χ3n) is 5.65. The molecule has 4 rings (SSSR count). The molecule has 5 heteroatoms. The molecule has 0 bridgehead atoms. The number of rotatable bonds is 5. The van der Waals surface area contributed by atoms with Gasteiger partial charge in [-0.3, -0.25) is 4.79 Å². The van der Waals surface area contributed by atoms with E-state index in [1.54, 1.807) is 11.3 Å². The Morgan fingerprint density at radius 1 is 1.21 bits per heavy atom. The van der Waals surface area contributed by atoms with E-state index in [4.69, 9.17) is 4.74 Å². The number of carbonyl (C=O) groups is 2. The highest BCUT2D eigenvalue weighted by atomic mass is 32.1. The van der Waals surface area contributed by atoms with Crippen molar-refractivity contribution in [2.45, 2.75) is 58.5 Å². The number of benzene rings is 1. The second-order valence-electron chi connectivity index (χ2n) is 8.36. The first-order chi connectivity index (χ1) is 13.4. The van der Waals surface area contributed by atoms with E-state index in [1.165, 1.54) is 10.4 Å². The lowest BCUT2D eigenvalue weighted by atomic mass is 9.88. The third-order valence-corrected chi connectivity index (χ3v) is 6.82. The van der Waals surface area contributed by atoms with Gasteiger partial charge in [0, 0.05) is 10.8 Å². The number of anilines is 1. The summed E-state index contributed by atoms with van der Waals surface area (Å²) < 4.78 is 5.49. The maximum absolute atomic E-state index is 12.9. The van der Waals surface area contributed by atoms with Crippen molar-refractivity contribution >= 4 is 28.2 Å². The fourth-order valence-corrected chi connectivity index (χ4v) is 5.49. The van der Waals surface area contributed by atoms with Crippen LogP contribution in [0.25, 0.3) is 0 Å². The monoisotopic (exact) mass is 397 g/mol. The zero-order chi connectivity index (χ0) is 19.8. The Labute approximate surface area is 170 Å². The van der Waals surface area contributed by atoms with E-state index in [-0.39, 0.29) is 29.8 Å². The molecule has 0 saturated heterocycles. The highest BCUT2D eigenvalue weighted by Gasteiger charge is 2.44. The van der Waals surface area contributed by atoms with E-state index in [1.807, 2.05) is 32.0 Å². The predicted octanol–water partition coefficient (Wildman–Crippen LogP) is 5.18.